The minimum Gasteiger partial charge on any atom is -0.480 e. The molecule has 0 rings (SSSR count). The molecule has 0 bridgehead atoms. The second kappa shape index (κ2) is 15.6. The van der Waals surface area contributed by atoms with Crippen LogP contribution in [0.2, 0.25) is 0 Å². The molecule has 0 aromatic carbocycles. The number of carbonyl (C=O) groups excluding carboxylic acids is 5. The molecule has 13 heteroatoms. The lowest BCUT2D eigenvalue weighted by atomic mass is 9.96. The molecule has 6 atom stereocenters. The summed E-state index contributed by atoms with van der Waals surface area (Å²) in [5, 5.41) is 16.7. The average molecular weight is 501 g/mol. The van der Waals surface area contributed by atoms with Crippen molar-refractivity contribution in [3.05, 3.63) is 0 Å². The predicted molar refractivity (Wildman–Crippen MR) is 127 cm³/mol. The molecule has 5 amide bonds. The van der Waals surface area contributed by atoms with Crippen molar-refractivity contribution in [3.8, 4) is 0 Å². The Morgan fingerprint density at radius 1 is 0.714 bits per heavy atom. The number of amides is 5. The van der Waals surface area contributed by atoms with Gasteiger partial charge < -0.3 is 38.3 Å². The van der Waals surface area contributed by atoms with Crippen LogP contribution in [-0.4, -0.2) is 64.8 Å². The standard InChI is InChI=1S/C22H40N6O7/c1-5-11(3)17(25)20(32)26-13(7-9-15(23)29)19(31)28-18(12(4)6-2)21(33)27-14(22(34)35)8-10-16(24)30/h11-14,17-18H,5-10,25H2,1-4H3,(H2,23,29)(H2,24,30)(H,26,32)(H,27,33)(H,28,31)(H,34,35). The van der Waals surface area contributed by atoms with E-state index in [4.69, 9.17) is 17.2 Å². The highest BCUT2D eigenvalue weighted by atomic mass is 16.4. The molecule has 10 N–H and O–H groups in total. The van der Waals surface area contributed by atoms with Crippen LogP contribution in [0.3, 0.4) is 0 Å². The van der Waals surface area contributed by atoms with Gasteiger partial charge in [-0.3, -0.25) is 24.0 Å². The Bertz CT molecular complexity index is 775. The van der Waals surface area contributed by atoms with E-state index in [1.54, 1.807) is 20.8 Å². The van der Waals surface area contributed by atoms with Crippen LogP contribution in [0.1, 0.15) is 66.2 Å². The molecule has 0 saturated heterocycles. The minimum absolute atomic E-state index is 0.120. The van der Waals surface area contributed by atoms with E-state index in [9.17, 15) is 33.9 Å². The van der Waals surface area contributed by atoms with Crippen molar-refractivity contribution >= 4 is 35.5 Å². The largest absolute Gasteiger partial charge is 0.480 e. The number of rotatable bonds is 17. The van der Waals surface area contributed by atoms with Crippen LogP contribution >= 0.6 is 0 Å². The number of carboxylic acid groups (broad SMARTS) is 1. The number of nitrogens with two attached hydrogens (primary N) is 3. The Hall–Kier alpha value is -3.22. The molecule has 0 aliphatic rings. The van der Waals surface area contributed by atoms with Crippen molar-refractivity contribution in [3.63, 3.8) is 0 Å². The zero-order valence-electron chi connectivity index (χ0n) is 20.8. The third-order valence-electron chi connectivity index (χ3n) is 5.96. The first kappa shape index (κ1) is 31.8. The molecule has 0 aromatic heterocycles. The maximum absolute atomic E-state index is 13.0. The molecule has 13 nitrogen and oxygen atoms in total. The number of primary amides is 2. The third kappa shape index (κ3) is 11.7. The van der Waals surface area contributed by atoms with Crippen LogP contribution in [0, 0.1) is 11.8 Å². The summed E-state index contributed by atoms with van der Waals surface area (Å²) in [6, 6.07) is -4.63. The quantitative estimate of drug-likeness (QED) is 0.123. The van der Waals surface area contributed by atoms with Crippen molar-refractivity contribution in [2.24, 2.45) is 29.0 Å². The zero-order chi connectivity index (χ0) is 27.3. The summed E-state index contributed by atoms with van der Waals surface area (Å²) in [7, 11) is 0. The molecule has 6 unspecified atom stereocenters. The van der Waals surface area contributed by atoms with Crippen LogP contribution in [0.15, 0.2) is 0 Å². The normalized spacial score (nSPS) is 16.0. The fraction of sp³-hybridized carbons (Fsp3) is 0.727. The maximum Gasteiger partial charge on any atom is 0.326 e. The highest BCUT2D eigenvalue weighted by molar-refractivity contribution is 5.94. The number of carbonyl (C=O) groups is 6. The molecule has 0 aliphatic carbocycles. The topological polar surface area (TPSA) is 237 Å². The molecule has 0 saturated carbocycles. The molecule has 0 aliphatic heterocycles. The van der Waals surface area contributed by atoms with E-state index < -0.39 is 65.6 Å². The van der Waals surface area contributed by atoms with Crippen molar-refractivity contribution in [1.29, 1.82) is 0 Å². The van der Waals surface area contributed by atoms with Crippen molar-refractivity contribution < 1.29 is 33.9 Å². The van der Waals surface area contributed by atoms with E-state index in [0.29, 0.717) is 12.8 Å². The fourth-order valence-electron chi connectivity index (χ4n) is 3.10. The molecule has 0 aromatic rings. The van der Waals surface area contributed by atoms with E-state index in [0.717, 1.165) is 0 Å². The summed E-state index contributed by atoms with van der Waals surface area (Å²) in [6.45, 7) is 7.09. The molecular weight excluding hydrogens is 460 g/mol. The van der Waals surface area contributed by atoms with Gasteiger partial charge in [-0.05, 0) is 24.7 Å². The lowest BCUT2D eigenvalue weighted by Gasteiger charge is -2.28. The van der Waals surface area contributed by atoms with Crippen LogP contribution in [0.5, 0.6) is 0 Å². The molecule has 35 heavy (non-hydrogen) atoms. The highest BCUT2D eigenvalue weighted by Gasteiger charge is 2.33. The number of carboxylic acids is 1. The predicted octanol–water partition coefficient (Wildman–Crippen LogP) is -1.52. The SMILES string of the molecule is CCC(C)C(N)C(=O)NC(CCC(N)=O)C(=O)NC(C(=O)NC(CCC(N)=O)C(=O)O)C(C)CC. The van der Waals surface area contributed by atoms with Gasteiger partial charge in [-0.1, -0.05) is 40.5 Å². The zero-order valence-corrected chi connectivity index (χ0v) is 20.8. The van der Waals surface area contributed by atoms with Crippen molar-refractivity contribution in [2.45, 2.75) is 90.4 Å². The molecule has 0 heterocycles. The van der Waals surface area contributed by atoms with Gasteiger partial charge in [0, 0.05) is 12.8 Å². The molecule has 200 valence electrons. The summed E-state index contributed by atoms with van der Waals surface area (Å²) < 4.78 is 0. The maximum atomic E-state index is 13.0. The van der Waals surface area contributed by atoms with E-state index in [2.05, 4.69) is 16.0 Å². The fourth-order valence-corrected chi connectivity index (χ4v) is 3.10. The smallest absolute Gasteiger partial charge is 0.326 e. The Morgan fingerprint density at radius 2 is 1.17 bits per heavy atom. The summed E-state index contributed by atoms with van der Waals surface area (Å²) in [6.07, 6.45) is 0.284. The molecule has 0 fully saturated rings. The van der Waals surface area contributed by atoms with E-state index in [-0.39, 0.29) is 31.6 Å². The second-order valence-electron chi connectivity index (χ2n) is 8.75. The first-order valence-corrected chi connectivity index (χ1v) is 11.7. The summed E-state index contributed by atoms with van der Waals surface area (Å²) in [5.41, 5.74) is 16.2. The van der Waals surface area contributed by atoms with E-state index in [1.165, 1.54) is 0 Å². The first-order valence-electron chi connectivity index (χ1n) is 11.7. The minimum atomic E-state index is -1.39. The van der Waals surface area contributed by atoms with Crippen molar-refractivity contribution in [2.75, 3.05) is 0 Å². The van der Waals surface area contributed by atoms with Gasteiger partial charge in [-0.15, -0.1) is 0 Å². The van der Waals surface area contributed by atoms with Crippen LogP contribution in [0.25, 0.3) is 0 Å². The monoisotopic (exact) mass is 500 g/mol. The number of hydrogen-bond donors (Lipinski definition) is 7. The van der Waals surface area contributed by atoms with Crippen molar-refractivity contribution in [1.82, 2.24) is 16.0 Å². The summed E-state index contributed by atoms with van der Waals surface area (Å²) in [4.78, 5) is 72.3. The average Bonchev–Trinajstić information content (AvgIpc) is 2.79. The Labute approximate surface area is 205 Å². The lowest BCUT2D eigenvalue weighted by Crippen LogP contribution is -2.59. The van der Waals surface area contributed by atoms with Gasteiger partial charge in [0.2, 0.25) is 29.5 Å². The number of nitrogens with one attached hydrogen (secondary N) is 3. The summed E-state index contributed by atoms with van der Waals surface area (Å²) >= 11 is 0. The van der Waals surface area contributed by atoms with Gasteiger partial charge >= 0.3 is 5.97 Å². The molecule has 0 spiro atoms. The first-order chi connectivity index (χ1) is 16.2. The van der Waals surface area contributed by atoms with Gasteiger partial charge in [-0.25, -0.2) is 4.79 Å². The van der Waals surface area contributed by atoms with Gasteiger partial charge in [0.25, 0.3) is 0 Å². The van der Waals surface area contributed by atoms with Gasteiger partial charge in [0.1, 0.15) is 18.1 Å². The van der Waals surface area contributed by atoms with E-state index >= 15 is 0 Å². The molecule has 0 radical (unpaired) electrons. The van der Waals surface area contributed by atoms with Crippen LogP contribution < -0.4 is 33.2 Å². The Kier molecular flexibility index (Phi) is 14.2. The Morgan fingerprint density at radius 3 is 1.60 bits per heavy atom. The lowest BCUT2D eigenvalue weighted by molar-refractivity contribution is -0.143. The van der Waals surface area contributed by atoms with Crippen LogP contribution in [-0.2, 0) is 28.8 Å². The number of aliphatic carboxylic acids is 1. The van der Waals surface area contributed by atoms with Gasteiger partial charge in [0.15, 0.2) is 0 Å². The van der Waals surface area contributed by atoms with Gasteiger partial charge in [0.05, 0.1) is 6.04 Å². The molecular formula is C22H40N6O7. The number of hydrogen-bond acceptors (Lipinski definition) is 7. The summed E-state index contributed by atoms with van der Waals surface area (Å²) in [5.74, 6) is -5.47. The van der Waals surface area contributed by atoms with Crippen LogP contribution in [0.4, 0.5) is 0 Å². The van der Waals surface area contributed by atoms with E-state index in [1.807, 2.05) is 6.92 Å². The third-order valence-corrected chi connectivity index (χ3v) is 5.96. The second-order valence-corrected chi connectivity index (χ2v) is 8.75. The van der Waals surface area contributed by atoms with Gasteiger partial charge in [-0.2, -0.15) is 0 Å². The highest BCUT2D eigenvalue weighted by Crippen LogP contribution is 2.11. The Balaban J connectivity index is 5.66.